The molecular formula is C33H48F3N3O5. The van der Waals surface area contributed by atoms with Gasteiger partial charge >= 0.3 is 18.2 Å². The third kappa shape index (κ3) is 8.76. The van der Waals surface area contributed by atoms with Gasteiger partial charge in [-0.25, -0.2) is 9.59 Å². The number of carbonyl (C=O) groups is 3. The van der Waals surface area contributed by atoms with E-state index in [2.05, 4.69) is 31.7 Å². The maximum absolute atomic E-state index is 13.2. The van der Waals surface area contributed by atoms with E-state index in [-0.39, 0.29) is 23.6 Å². The molecule has 1 aromatic carbocycles. The van der Waals surface area contributed by atoms with E-state index in [9.17, 15) is 22.8 Å². The fraction of sp³-hybridized carbons (Fsp3) is 0.667. The van der Waals surface area contributed by atoms with Crippen LogP contribution in [0.15, 0.2) is 29.8 Å². The lowest BCUT2D eigenvalue weighted by Crippen LogP contribution is -2.56. The molecule has 3 heterocycles. The molecule has 8 nitrogen and oxygen atoms in total. The largest absolute Gasteiger partial charge is 0.490 e. The topological polar surface area (TPSA) is 90.4 Å². The van der Waals surface area contributed by atoms with Crippen LogP contribution in [0.2, 0.25) is 0 Å². The number of halogens is 3. The molecule has 246 valence electrons. The van der Waals surface area contributed by atoms with Crippen LogP contribution in [-0.4, -0.2) is 94.4 Å². The first-order chi connectivity index (χ1) is 20.7. The van der Waals surface area contributed by atoms with Gasteiger partial charge in [0.1, 0.15) is 5.60 Å². The number of hydrogen-bond donors (Lipinski definition) is 1. The van der Waals surface area contributed by atoms with E-state index < -0.39 is 12.1 Å². The average molecular weight is 624 g/mol. The summed E-state index contributed by atoms with van der Waals surface area (Å²) < 4.78 is 37.9. The normalized spacial score (nSPS) is 20.6. The molecule has 3 fully saturated rings. The monoisotopic (exact) mass is 623 g/mol. The molecular weight excluding hydrogens is 575 g/mol. The highest BCUT2D eigenvalue weighted by molar-refractivity contribution is 5.97. The average Bonchev–Trinajstić information content (AvgIpc) is 3.21. The number of aliphatic carboxylic acids is 1. The summed E-state index contributed by atoms with van der Waals surface area (Å²) in [5.74, 6) is -2.58. The van der Waals surface area contributed by atoms with E-state index in [0.29, 0.717) is 6.04 Å². The molecule has 3 aliphatic heterocycles. The molecule has 0 aliphatic carbocycles. The van der Waals surface area contributed by atoms with Crippen LogP contribution in [0.4, 0.5) is 18.0 Å². The van der Waals surface area contributed by atoms with Gasteiger partial charge in [0.2, 0.25) is 0 Å². The first kappa shape index (κ1) is 35.4. The van der Waals surface area contributed by atoms with Crippen LogP contribution in [0.25, 0.3) is 0 Å². The van der Waals surface area contributed by atoms with E-state index in [4.69, 9.17) is 14.6 Å². The summed E-state index contributed by atoms with van der Waals surface area (Å²) in [7, 11) is 0. The number of amides is 2. The van der Waals surface area contributed by atoms with Gasteiger partial charge in [0, 0.05) is 57.2 Å². The number of hydrogen-bond acceptors (Lipinski definition) is 5. The zero-order chi connectivity index (χ0) is 32.7. The third-order valence-corrected chi connectivity index (χ3v) is 9.11. The zero-order valence-corrected chi connectivity index (χ0v) is 26.7. The van der Waals surface area contributed by atoms with Gasteiger partial charge in [0.05, 0.1) is 6.04 Å². The summed E-state index contributed by atoms with van der Waals surface area (Å²) in [6, 6.07) is 6.77. The lowest BCUT2D eigenvalue weighted by Gasteiger charge is -2.46. The van der Waals surface area contributed by atoms with Crippen molar-refractivity contribution in [2.24, 2.45) is 0 Å². The fourth-order valence-electron chi connectivity index (χ4n) is 6.71. The van der Waals surface area contributed by atoms with E-state index in [1.54, 1.807) is 0 Å². The van der Waals surface area contributed by atoms with Gasteiger partial charge in [-0.2, -0.15) is 13.2 Å². The van der Waals surface area contributed by atoms with Gasteiger partial charge in [0.25, 0.3) is 5.91 Å². The van der Waals surface area contributed by atoms with Crippen molar-refractivity contribution in [3.8, 4) is 0 Å². The molecule has 0 aromatic heterocycles. The number of aryl methyl sites for hydroxylation is 2. The Bertz CT molecular complexity index is 1160. The van der Waals surface area contributed by atoms with Gasteiger partial charge in [-0.1, -0.05) is 49.6 Å². The summed E-state index contributed by atoms with van der Waals surface area (Å²) in [6.45, 7) is 14.8. The summed E-state index contributed by atoms with van der Waals surface area (Å²) in [5, 5.41) is 7.12. The minimum atomic E-state index is -5.08. The summed E-state index contributed by atoms with van der Waals surface area (Å²) >= 11 is 0. The first-order valence-corrected chi connectivity index (χ1v) is 15.7. The zero-order valence-electron chi connectivity index (χ0n) is 26.7. The van der Waals surface area contributed by atoms with Crippen molar-refractivity contribution in [2.75, 3.05) is 32.7 Å². The number of unbranched alkanes of at least 4 members (excludes halogenated alkanes) is 1. The Labute approximate surface area is 259 Å². The third-order valence-electron chi connectivity index (χ3n) is 9.11. The SMILES string of the molecule is CCCCC1N(CCC=C(C)C)C(=O)OC12CCN(C1CCN(C(=O)c3c(C)cccc3C)CC1)CC2.O=C(O)C(F)(F)F. The minimum Gasteiger partial charge on any atom is -0.475 e. The molecule has 1 spiro atoms. The number of allylic oxidation sites excluding steroid dienone is 1. The number of alkyl halides is 3. The first-order valence-electron chi connectivity index (χ1n) is 15.7. The van der Waals surface area contributed by atoms with Crippen LogP contribution < -0.4 is 0 Å². The van der Waals surface area contributed by atoms with Crippen LogP contribution in [-0.2, 0) is 9.53 Å². The van der Waals surface area contributed by atoms with Crippen LogP contribution in [0.3, 0.4) is 0 Å². The van der Waals surface area contributed by atoms with Crippen molar-refractivity contribution in [3.63, 3.8) is 0 Å². The molecule has 1 aromatic rings. The van der Waals surface area contributed by atoms with E-state index in [1.165, 1.54) is 5.57 Å². The molecule has 0 bridgehead atoms. The second kappa shape index (κ2) is 15.3. The lowest BCUT2D eigenvalue weighted by atomic mass is 9.81. The number of benzene rings is 1. The number of carboxylic acids is 1. The van der Waals surface area contributed by atoms with Gasteiger partial charge in [-0.3, -0.25) is 9.69 Å². The second-order valence-electron chi connectivity index (χ2n) is 12.5. The summed E-state index contributed by atoms with van der Waals surface area (Å²) in [6.07, 6.45) is 5.03. The molecule has 1 atom stereocenters. The number of ether oxygens (including phenoxy) is 1. The van der Waals surface area contributed by atoms with Gasteiger partial charge < -0.3 is 19.6 Å². The number of piperidine rings is 2. The minimum absolute atomic E-state index is 0.116. The van der Waals surface area contributed by atoms with Crippen molar-refractivity contribution in [1.29, 1.82) is 0 Å². The fourth-order valence-corrected chi connectivity index (χ4v) is 6.71. The summed E-state index contributed by atoms with van der Waals surface area (Å²) in [5.41, 5.74) is 3.95. The molecule has 3 aliphatic rings. The predicted octanol–water partition coefficient (Wildman–Crippen LogP) is 6.74. The van der Waals surface area contributed by atoms with Crippen molar-refractivity contribution < 1.29 is 37.4 Å². The second-order valence-corrected chi connectivity index (χ2v) is 12.5. The number of carbonyl (C=O) groups excluding carboxylic acids is 2. The van der Waals surface area contributed by atoms with Crippen LogP contribution >= 0.6 is 0 Å². The Balaban J connectivity index is 0.000000676. The highest BCUT2D eigenvalue weighted by Gasteiger charge is 2.54. The Morgan fingerprint density at radius 3 is 2.14 bits per heavy atom. The molecule has 2 amide bonds. The Hall–Kier alpha value is -3.08. The predicted molar refractivity (Wildman–Crippen MR) is 163 cm³/mol. The molecule has 11 heteroatoms. The molecule has 4 rings (SSSR count). The summed E-state index contributed by atoms with van der Waals surface area (Å²) in [4.78, 5) is 41.8. The maximum Gasteiger partial charge on any atom is 0.490 e. The molecule has 1 N–H and O–H groups in total. The van der Waals surface area contributed by atoms with Crippen molar-refractivity contribution in [1.82, 2.24) is 14.7 Å². The quantitative estimate of drug-likeness (QED) is 0.323. The number of rotatable bonds is 8. The standard InChI is InChI=1S/C31H47N3O3.C2HF3O2/c1-6-7-13-27-31(37-30(36)34(27)18-9-10-23(2)3)16-21-32(22-17-31)26-14-19-33(20-15-26)29(35)28-24(4)11-8-12-25(28)5;3-2(4,5)1(6)7/h8,10-12,26-27H,6-7,9,13-22H2,1-5H3;(H,6,7). The van der Waals surface area contributed by atoms with Crippen LogP contribution in [0, 0.1) is 13.8 Å². The maximum atomic E-state index is 13.2. The Morgan fingerprint density at radius 2 is 1.64 bits per heavy atom. The Morgan fingerprint density at radius 1 is 1.07 bits per heavy atom. The smallest absolute Gasteiger partial charge is 0.475 e. The molecule has 44 heavy (non-hydrogen) atoms. The Kier molecular flexibility index (Phi) is 12.3. The van der Waals surface area contributed by atoms with E-state index in [1.807, 2.05) is 41.8 Å². The van der Waals surface area contributed by atoms with Crippen molar-refractivity contribution in [2.45, 2.75) is 110 Å². The van der Waals surface area contributed by atoms with Crippen LogP contribution in [0.1, 0.15) is 93.6 Å². The van der Waals surface area contributed by atoms with E-state index in [0.717, 1.165) is 101 Å². The van der Waals surface area contributed by atoms with Crippen molar-refractivity contribution in [3.05, 3.63) is 46.5 Å². The molecule has 3 saturated heterocycles. The highest BCUT2D eigenvalue weighted by atomic mass is 19.4. The highest BCUT2D eigenvalue weighted by Crippen LogP contribution is 2.42. The van der Waals surface area contributed by atoms with Crippen LogP contribution in [0.5, 0.6) is 0 Å². The van der Waals surface area contributed by atoms with E-state index >= 15 is 0 Å². The number of nitrogens with zero attached hydrogens (tertiary/aromatic N) is 3. The molecule has 0 radical (unpaired) electrons. The molecule has 0 saturated carbocycles. The van der Waals surface area contributed by atoms with Crippen molar-refractivity contribution >= 4 is 18.0 Å². The molecule has 1 unspecified atom stereocenters. The number of likely N-dealkylation sites (tertiary alicyclic amines) is 2. The van der Waals surface area contributed by atoms with Gasteiger partial charge in [0.15, 0.2) is 0 Å². The number of carboxylic acid groups (broad SMARTS) is 1. The lowest BCUT2D eigenvalue weighted by molar-refractivity contribution is -0.192. The van der Waals surface area contributed by atoms with Gasteiger partial charge in [-0.05, 0) is 64.5 Å². The van der Waals surface area contributed by atoms with Gasteiger partial charge in [-0.15, -0.1) is 0 Å².